The van der Waals surface area contributed by atoms with E-state index in [4.69, 9.17) is 9.78 Å². The van der Waals surface area contributed by atoms with Crippen LogP contribution in [-0.2, 0) is 11.2 Å². The fourth-order valence-electron chi connectivity index (χ4n) is 3.56. The van der Waals surface area contributed by atoms with Crippen LogP contribution in [0.25, 0.3) is 10.7 Å². The van der Waals surface area contributed by atoms with Gasteiger partial charge in [-0.3, -0.25) is 9.69 Å². The summed E-state index contributed by atoms with van der Waals surface area (Å²) in [6.07, 6.45) is 1.73. The zero-order chi connectivity index (χ0) is 21.5. The van der Waals surface area contributed by atoms with Gasteiger partial charge in [0.05, 0.1) is 23.1 Å². The predicted molar refractivity (Wildman–Crippen MR) is 119 cm³/mol. The second-order valence-corrected chi connectivity index (χ2v) is 8.40. The lowest BCUT2D eigenvalue weighted by Crippen LogP contribution is -2.48. The molecule has 8 nitrogen and oxygen atoms in total. The minimum Gasteiger partial charge on any atom is -0.339 e. The van der Waals surface area contributed by atoms with Crippen molar-refractivity contribution in [3.05, 3.63) is 53.2 Å². The maximum atomic E-state index is 12.3. The number of nitrogens with zero attached hydrogens (tertiary/aromatic N) is 5. The minimum atomic E-state index is -0.0542. The second kappa shape index (κ2) is 10.3. The molecule has 3 heterocycles. The number of aryl methyl sites for hydroxylation is 1. The number of piperazine rings is 1. The molecular weight excluding hydrogens is 412 g/mol. The molecule has 1 fully saturated rings. The Labute approximate surface area is 185 Å². The number of nitrogens with one attached hydrogen (secondary N) is 1. The molecule has 1 saturated heterocycles. The van der Waals surface area contributed by atoms with Crippen molar-refractivity contribution in [2.75, 3.05) is 44.6 Å². The number of hydrogen-bond acceptors (Lipinski definition) is 8. The maximum absolute atomic E-state index is 12.3. The van der Waals surface area contributed by atoms with Crippen molar-refractivity contribution in [3.63, 3.8) is 0 Å². The number of nitriles is 1. The predicted octanol–water partition coefficient (Wildman–Crippen LogP) is 2.86. The van der Waals surface area contributed by atoms with Crippen LogP contribution in [-0.4, -0.2) is 65.1 Å². The molecule has 0 aliphatic carbocycles. The summed E-state index contributed by atoms with van der Waals surface area (Å²) in [5, 5.41) is 17.9. The summed E-state index contributed by atoms with van der Waals surface area (Å²) in [5.74, 6) is 1.29. The topological polar surface area (TPSA) is 98.3 Å². The third-order valence-corrected chi connectivity index (χ3v) is 6.05. The Morgan fingerprint density at radius 3 is 2.81 bits per heavy atom. The molecule has 0 unspecified atom stereocenters. The number of aromatic nitrogens is 2. The van der Waals surface area contributed by atoms with Gasteiger partial charge in [0.15, 0.2) is 0 Å². The summed E-state index contributed by atoms with van der Waals surface area (Å²) in [6.45, 7) is 4.90. The van der Waals surface area contributed by atoms with Gasteiger partial charge in [-0.15, -0.1) is 11.3 Å². The lowest BCUT2D eigenvalue weighted by atomic mass is 10.2. The minimum absolute atomic E-state index is 0.0542. The number of carbonyl (C=O) groups is 1. The summed E-state index contributed by atoms with van der Waals surface area (Å²) in [6, 6.07) is 13.0. The van der Waals surface area contributed by atoms with Crippen molar-refractivity contribution in [1.82, 2.24) is 19.9 Å². The molecule has 0 bridgehead atoms. The number of hydrogen-bond donors (Lipinski definition) is 1. The van der Waals surface area contributed by atoms with Crippen LogP contribution in [0.2, 0.25) is 0 Å². The van der Waals surface area contributed by atoms with Crippen LogP contribution in [0.1, 0.15) is 17.9 Å². The standard InChI is InChI=1S/C22H24N6O2S/c23-15-17-4-1-5-18(14-17)24-20(29)16-28-11-9-27(10-12-28)8-2-7-21-25-22(26-30-21)19-6-3-13-31-19/h1,3-6,13-14H,2,7-12,16H2,(H,24,29). The molecular formula is C22H24N6O2S. The Bertz CT molecular complexity index is 1030. The highest BCUT2D eigenvalue weighted by Gasteiger charge is 2.19. The van der Waals surface area contributed by atoms with Gasteiger partial charge in [0.1, 0.15) is 0 Å². The van der Waals surface area contributed by atoms with E-state index in [0.29, 0.717) is 29.5 Å². The fraction of sp³-hybridized carbons (Fsp3) is 0.364. The molecule has 2 aromatic heterocycles. The first-order chi connectivity index (χ1) is 15.2. The highest BCUT2D eigenvalue weighted by atomic mass is 32.1. The van der Waals surface area contributed by atoms with Crippen molar-refractivity contribution in [2.24, 2.45) is 0 Å². The molecule has 9 heteroatoms. The van der Waals surface area contributed by atoms with E-state index in [2.05, 4.69) is 31.3 Å². The van der Waals surface area contributed by atoms with Crippen LogP contribution in [0.3, 0.4) is 0 Å². The van der Waals surface area contributed by atoms with Crippen molar-refractivity contribution in [1.29, 1.82) is 5.26 Å². The SMILES string of the molecule is N#Cc1cccc(NC(=O)CN2CCN(CCCc3nc(-c4cccs4)no3)CC2)c1. The number of thiophene rings is 1. The zero-order valence-corrected chi connectivity index (χ0v) is 18.0. The zero-order valence-electron chi connectivity index (χ0n) is 17.2. The highest BCUT2D eigenvalue weighted by Crippen LogP contribution is 2.21. The highest BCUT2D eigenvalue weighted by molar-refractivity contribution is 7.13. The smallest absolute Gasteiger partial charge is 0.238 e. The molecule has 1 amide bonds. The van der Waals surface area contributed by atoms with Crippen LogP contribution in [0.5, 0.6) is 0 Å². The number of carbonyl (C=O) groups excluding carboxylic acids is 1. The van der Waals surface area contributed by atoms with E-state index in [1.807, 2.05) is 17.5 Å². The van der Waals surface area contributed by atoms with Gasteiger partial charge in [-0.05, 0) is 42.6 Å². The number of anilines is 1. The molecule has 1 aromatic carbocycles. The molecule has 0 atom stereocenters. The van der Waals surface area contributed by atoms with E-state index in [1.54, 1.807) is 35.6 Å². The number of amides is 1. The summed E-state index contributed by atoms with van der Waals surface area (Å²) in [7, 11) is 0. The normalized spacial score (nSPS) is 14.9. The Balaban J connectivity index is 1.14. The Kier molecular flexibility index (Phi) is 7.04. The van der Waals surface area contributed by atoms with Gasteiger partial charge in [0.2, 0.25) is 17.6 Å². The van der Waals surface area contributed by atoms with Gasteiger partial charge in [0.25, 0.3) is 0 Å². The quantitative estimate of drug-likeness (QED) is 0.580. The molecule has 1 aliphatic heterocycles. The first kappa shape index (κ1) is 21.2. The van der Waals surface area contributed by atoms with Crippen LogP contribution in [0.15, 0.2) is 46.3 Å². The van der Waals surface area contributed by atoms with Crippen molar-refractivity contribution < 1.29 is 9.32 Å². The Morgan fingerprint density at radius 2 is 2.03 bits per heavy atom. The Hall–Kier alpha value is -3.06. The first-order valence-electron chi connectivity index (χ1n) is 10.3. The third-order valence-electron chi connectivity index (χ3n) is 5.18. The van der Waals surface area contributed by atoms with Crippen LogP contribution >= 0.6 is 11.3 Å². The van der Waals surface area contributed by atoms with Crippen LogP contribution in [0, 0.1) is 11.3 Å². The molecule has 0 radical (unpaired) electrons. The van der Waals surface area contributed by atoms with Crippen molar-refractivity contribution >= 4 is 22.9 Å². The lowest BCUT2D eigenvalue weighted by molar-refractivity contribution is -0.117. The molecule has 0 saturated carbocycles. The number of rotatable bonds is 8. The lowest BCUT2D eigenvalue weighted by Gasteiger charge is -2.34. The molecule has 1 N–H and O–H groups in total. The molecule has 0 spiro atoms. The van der Waals surface area contributed by atoms with Crippen molar-refractivity contribution in [2.45, 2.75) is 12.8 Å². The van der Waals surface area contributed by atoms with E-state index in [9.17, 15) is 4.79 Å². The van der Waals surface area contributed by atoms with Crippen LogP contribution < -0.4 is 5.32 Å². The molecule has 31 heavy (non-hydrogen) atoms. The third kappa shape index (κ3) is 5.98. The molecule has 4 rings (SSSR count). The molecule has 3 aromatic rings. The average Bonchev–Trinajstić information content (AvgIpc) is 3.47. The summed E-state index contributed by atoms with van der Waals surface area (Å²) >= 11 is 1.60. The van der Waals surface area contributed by atoms with Gasteiger partial charge in [0, 0.05) is 38.3 Å². The van der Waals surface area contributed by atoms with Crippen LogP contribution in [0.4, 0.5) is 5.69 Å². The monoisotopic (exact) mass is 436 g/mol. The second-order valence-electron chi connectivity index (χ2n) is 7.45. The van der Waals surface area contributed by atoms with Crippen molar-refractivity contribution in [3.8, 4) is 16.8 Å². The van der Waals surface area contributed by atoms with E-state index < -0.39 is 0 Å². The summed E-state index contributed by atoms with van der Waals surface area (Å²) in [5.41, 5.74) is 1.20. The van der Waals surface area contributed by atoms with E-state index >= 15 is 0 Å². The molecule has 1 aliphatic rings. The van der Waals surface area contributed by atoms with Gasteiger partial charge >= 0.3 is 0 Å². The number of benzene rings is 1. The van der Waals surface area contributed by atoms with E-state index in [-0.39, 0.29) is 5.91 Å². The van der Waals surface area contributed by atoms with Gasteiger partial charge < -0.3 is 14.7 Å². The Morgan fingerprint density at radius 1 is 1.19 bits per heavy atom. The molecule has 160 valence electrons. The maximum Gasteiger partial charge on any atom is 0.238 e. The van der Waals surface area contributed by atoms with E-state index in [0.717, 1.165) is 50.4 Å². The summed E-state index contributed by atoms with van der Waals surface area (Å²) in [4.78, 5) is 22.4. The van der Waals surface area contributed by atoms with Gasteiger partial charge in [-0.1, -0.05) is 17.3 Å². The van der Waals surface area contributed by atoms with Gasteiger partial charge in [-0.25, -0.2) is 0 Å². The summed E-state index contributed by atoms with van der Waals surface area (Å²) < 4.78 is 5.36. The van der Waals surface area contributed by atoms with Gasteiger partial charge in [-0.2, -0.15) is 10.2 Å². The average molecular weight is 437 g/mol. The largest absolute Gasteiger partial charge is 0.339 e. The van der Waals surface area contributed by atoms with E-state index in [1.165, 1.54) is 0 Å². The first-order valence-corrected chi connectivity index (χ1v) is 11.2. The fourth-order valence-corrected chi connectivity index (χ4v) is 4.21.